The summed E-state index contributed by atoms with van der Waals surface area (Å²) in [6.07, 6.45) is 2.26. The first kappa shape index (κ1) is 21.2. The second-order valence-corrected chi connectivity index (χ2v) is 7.25. The van der Waals surface area contributed by atoms with Gasteiger partial charge < -0.3 is 13.3 Å². The third-order valence-corrected chi connectivity index (χ3v) is 5.05. The topological polar surface area (TPSA) is 122 Å². The van der Waals surface area contributed by atoms with E-state index in [1.807, 2.05) is 41.8 Å². The molecule has 1 unspecified atom stereocenters. The minimum Gasteiger partial charge on any atom is -0.750 e. The molecule has 0 amide bonds. The fourth-order valence-electron chi connectivity index (χ4n) is 3.30. The smallest absolute Gasteiger partial charge is 0.330 e. The molecule has 0 spiro atoms. The number of nitrogens with zero attached hydrogens (tertiary/aromatic N) is 3. The van der Waals surface area contributed by atoms with E-state index in [9.17, 15) is 18.4 Å². The average Bonchev–Trinajstić information content (AvgIpc) is 3.04. The van der Waals surface area contributed by atoms with Crippen molar-refractivity contribution in [2.24, 2.45) is 0 Å². The van der Waals surface area contributed by atoms with Gasteiger partial charge in [-0.2, -0.15) is 0 Å². The molecule has 9 nitrogen and oxygen atoms in total. The average molecular weight is 419 g/mol. The number of fused-ring (bicyclic) bond motifs is 1. The van der Waals surface area contributed by atoms with Crippen molar-refractivity contribution >= 4 is 22.5 Å². The maximum absolute atomic E-state index is 12.9. The van der Waals surface area contributed by atoms with Crippen LogP contribution in [0.25, 0.3) is 11.2 Å². The van der Waals surface area contributed by atoms with Crippen molar-refractivity contribution in [3.05, 3.63) is 62.6 Å². The van der Waals surface area contributed by atoms with Crippen LogP contribution in [-0.2, 0) is 35.1 Å². The molecule has 1 atom stereocenters. The van der Waals surface area contributed by atoms with Crippen LogP contribution in [0.3, 0.4) is 0 Å². The highest BCUT2D eigenvalue weighted by molar-refractivity contribution is 7.74. The number of unbranched alkanes of at least 4 members (excludes halogenated alkanes) is 2. The molecule has 2 heterocycles. The molecule has 0 aliphatic carbocycles. The number of rotatable bonds is 10. The highest BCUT2D eigenvalue weighted by atomic mass is 32.2. The number of benzene rings is 1. The first-order chi connectivity index (χ1) is 14.0. The molecular weight excluding hydrogens is 396 g/mol. The monoisotopic (exact) mass is 419 g/mol. The molecule has 10 heteroatoms. The molecular formula is C19H23N4O5S-. The van der Waals surface area contributed by atoms with Crippen LogP contribution in [0.15, 0.2) is 39.9 Å². The number of nitrogens with one attached hydrogen (secondary N) is 1. The van der Waals surface area contributed by atoms with E-state index in [2.05, 4.69) is 14.2 Å². The quantitative estimate of drug-likeness (QED) is 0.392. The molecule has 3 aromatic rings. The number of aryl methyl sites for hydroxylation is 1. The van der Waals surface area contributed by atoms with Crippen LogP contribution in [0.1, 0.15) is 37.6 Å². The van der Waals surface area contributed by atoms with Crippen LogP contribution in [0.2, 0.25) is 0 Å². The van der Waals surface area contributed by atoms with Crippen LogP contribution >= 0.6 is 0 Å². The second kappa shape index (κ2) is 9.77. The Balaban J connectivity index is 1.81. The van der Waals surface area contributed by atoms with Crippen LogP contribution in [0, 0.1) is 0 Å². The lowest BCUT2D eigenvalue weighted by Gasteiger charge is -2.07. The Hall–Kier alpha value is -2.56. The summed E-state index contributed by atoms with van der Waals surface area (Å²) in [6, 6.07) is 9.82. The SMILES string of the molecule is CCn1c(Cc2ccccc2)nc2c(=O)n(CCCCCOS(=O)[O-])c(=O)[nH]c21. The van der Waals surface area contributed by atoms with E-state index in [1.54, 1.807) is 0 Å². The largest absolute Gasteiger partial charge is 0.750 e. The van der Waals surface area contributed by atoms with Crippen molar-refractivity contribution in [2.75, 3.05) is 6.61 Å². The van der Waals surface area contributed by atoms with Crippen molar-refractivity contribution in [1.82, 2.24) is 19.1 Å². The van der Waals surface area contributed by atoms with Crippen LogP contribution in [0.5, 0.6) is 0 Å². The molecule has 0 aliphatic heterocycles. The van der Waals surface area contributed by atoms with Crippen molar-refractivity contribution in [1.29, 1.82) is 0 Å². The zero-order chi connectivity index (χ0) is 20.8. The Morgan fingerprint density at radius 3 is 2.59 bits per heavy atom. The molecule has 2 aromatic heterocycles. The molecule has 0 aliphatic rings. The molecule has 0 saturated heterocycles. The number of H-pyrrole nitrogens is 1. The fourth-order valence-corrected chi connectivity index (χ4v) is 3.55. The van der Waals surface area contributed by atoms with Crippen LogP contribution in [0.4, 0.5) is 0 Å². The number of hydrogen-bond donors (Lipinski definition) is 1. The van der Waals surface area contributed by atoms with Crippen LogP contribution < -0.4 is 11.2 Å². The Kier molecular flexibility index (Phi) is 7.13. The Morgan fingerprint density at radius 1 is 1.14 bits per heavy atom. The minimum absolute atomic E-state index is 0.0875. The lowest BCUT2D eigenvalue weighted by molar-refractivity contribution is 0.290. The molecule has 29 heavy (non-hydrogen) atoms. The zero-order valence-electron chi connectivity index (χ0n) is 16.1. The molecule has 3 rings (SSSR count). The molecule has 156 valence electrons. The fraction of sp³-hybridized carbons (Fsp3) is 0.421. The lowest BCUT2D eigenvalue weighted by Crippen LogP contribution is -2.35. The van der Waals surface area contributed by atoms with Gasteiger partial charge in [-0.05, 0) is 31.7 Å². The van der Waals surface area contributed by atoms with Gasteiger partial charge in [-0.1, -0.05) is 30.3 Å². The standard InChI is InChI=1S/C19H24N4O5S/c1-2-22-15(13-14-9-5-3-6-10-14)20-16-17(22)21-19(25)23(18(16)24)11-7-4-8-12-28-29(26)27/h3,5-6,9-10H,2,4,7-8,11-13H2,1H3,(H,21,25)(H,26,27)/p-1. The van der Waals surface area contributed by atoms with E-state index in [-0.39, 0.29) is 18.7 Å². The maximum atomic E-state index is 12.9. The first-order valence-corrected chi connectivity index (χ1v) is 10.5. The molecule has 0 fully saturated rings. The number of imidazole rings is 1. The Bertz CT molecular complexity index is 1100. The van der Waals surface area contributed by atoms with E-state index in [0.717, 1.165) is 16.0 Å². The van der Waals surface area contributed by atoms with Gasteiger partial charge in [-0.15, -0.1) is 0 Å². The zero-order valence-corrected chi connectivity index (χ0v) is 16.9. The second-order valence-electron chi connectivity index (χ2n) is 6.61. The van der Waals surface area contributed by atoms with E-state index >= 15 is 0 Å². The van der Waals surface area contributed by atoms with Gasteiger partial charge >= 0.3 is 5.69 Å². The van der Waals surface area contributed by atoms with E-state index in [4.69, 9.17) is 0 Å². The molecule has 1 aromatic carbocycles. The minimum atomic E-state index is -2.52. The van der Waals surface area contributed by atoms with Gasteiger partial charge in [-0.3, -0.25) is 14.3 Å². The van der Waals surface area contributed by atoms with Crippen LogP contribution in [-0.4, -0.2) is 34.5 Å². The third-order valence-electron chi connectivity index (χ3n) is 4.69. The first-order valence-electron chi connectivity index (χ1n) is 9.50. The van der Waals surface area contributed by atoms with Crippen molar-refractivity contribution in [3.63, 3.8) is 0 Å². The summed E-state index contributed by atoms with van der Waals surface area (Å²) in [5.41, 5.74) is 0.877. The van der Waals surface area contributed by atoms with E-state index in [1.165, 1.54) is 0 Å². The number of aromatic amines is 1. The summed E-state index contributed by atoms with van der Waals surface area (Å²) in [5.74, 6) is 0.724. The normalized spacial score (nSPS) is 12.5. The van der Waals surface area contributed by atoms with Gasteiger partial charge in [0.25, 0.3) is 5.56 Å². The maximum Gasteiger partial charge on any atom is 0.330 e. The van der Waals surface area contributed by atoms with Gasteiger partial charge in [0, 0.05) is 19.5 Å². The van der Waals surface area contributed by atoms with E-state index < -0.39 is 22.6 Å². The van der Waals surface area contributed by atoms with Gasteiger partial charge in [0.2, 0.25) is 0 Å². The van der Waals surface area contributed by atoms with Crippen molar-refractivity contribution in [3.8, 4) is 0 Å². The Morgan fingerprint density at radius 2 is 1.90 bits per heavy atom. The van der Waals surface area contributed by atoms with E-state index in [0.29, 0.717) is 37.9 Å². The summed E-state index contributed by atoms with van der Waals surface area (Å²) in [6.45, 7) is 2.84. The Labute approximate surface area is 169 Å². The van der Waals surface area contributed by atoms with Gasteiger partial charge in [0.15, 0.2) is 5.52 Å². The van der Waals surface area contributed by atoms with Crippen molar-refractivity contribution < 1.29 is 12.9 Å². The highest BCUT2D eigenvalue weighted by Gasteiger charge is 2.16. The molecule has 0 bridgehead atoms. The summed E-state index contributed by atoms with van der Waals surface area (Å²) in [7, 11) is 0. The molecule has 0 saturated carbocycles. The summed E-state index contributed by atoms with van der Waals surface area (Å²) < 4.78 is 28.1. The summed E-state index contributed by atoms with van der Waals surface area (Å²) >= 11 is -2.52. The molecule has 1 N–H and O–H groups in total. The predicted octanol–water partition coefficient (Wildman–Crippen LogP) is 1.48. The van der Waals surface area contributed by atoms with Gasteiger partial charge in [0.05, 0.1) is 18.0 Å². The van der Waals surface area contributed by atoms with Crippen molar-refractivity contribution in [2.45, 2.75) is 45.7 Å². The number of hydrogen-bond acceptors (Lipinski definition) is 6. The summed E-state index contributed by atoms with van der Waals surface area (Å²) in [4.78, 5) is 32.6. The highest BCUT2D eigenvalue weighted by Crippen LogP contribution is 2.14. The van der Waals surface area contributed by atoms with Gasteiger partial charge in [-0.25, -0.2) is 14.0 Å². The lowest BCUT2D eigenvalue weighted by atomic mass is 10.1. The van der Waals surface area contributed by atoms with Gasteiger partial charge in [0.1, 0.15) is 11.5 Å². The summed E-state index contributed by atoms with van der Waals surface area (Å²) in [5, 5.41) is 0. The third kappa shape index (κ3) is 5.08. The number of aromatic nitrogens is 4. The molecule has 0 radical (unpaired) electrons. The predicted molar refractivity (Wildman–Crippen MR) is 108 cm³/mol.